The second-order valence-corrected chi connectivity index (χ2v) is 8.97. The van der Waals surface area contributed by atoms with Crippen LogP contribution in [0.5, 0.6) is 0 Å². The Bertz CT molecular complexity index is 1530. The number of carbonyl (C=O) groups excluding carboxylic acids is 1. The lowest BCUT2D eigenvalue weighted by molar-refractivity contribution is 0.0974. The Hall–Kier alpha value is -3.76. The van der Waals surface area contributed by atoms with Crippen molar-refractivity contribution in [3.05, 3.63) is 117 Å². The maximum absolute atomic E-state index is 13.8. The Balaban J connectivity index is 1.68. The van der Waals surface area contributed by atoms with Gasteiger partial charge in [0.1, 0.15) is 0 Å². The molecule has 0 fully saturated rings. The average molecular weight is 434 g/mol. The van der Waals surface area contributed by atoms with Gasteiger partial charge in [0.05, 0.1) is 16.6 Å². The van der Waals surface area contributed by atoms with Crippen LogP contribution in [0, 0.1) is 0 Å². The molecule has 0 bridgehead atoms. The van der Waals surface area contributed by atoms with E-state index in [9.17, 15) is 9.59 Å². The quantitative estimate of drug-likeness (QED) is 0.301. The molecule has 1 aliphatic heterocycles. The highest BCUT2D eigenvalue weighted by atomic mass is 32.1. The summed E-state index contributed by atoms with van der Waals surface area (Å²) in [6.45, 7) is 0. The van der Waals surface area contributed by atoms with Crippen molar-refractivity contribution >= 4 is 27.9 Å². The number of nitrogens with zero attached hydrogens (tertiary/aromatic N) is 1. The minimum Gasteiger partial charge on any atom is -0.299 e. The van der Waals surface area contributed by atoms with E-state index in [1.807, 2.05) is 82.7 Å². The van der Waals surface area contributed by atoms with Crippen LogP contribution in [0.2, 0.25) is 0 Å². The van der Waals surface area contributed by atoms with Gasteiger partial charge >= 0.3 is 0 Å². The molecule has 6 rings (SSSR count). The van der Waals surface area contributed by atoms with Crippen molar-refractivity contribution in [3.8, 4) is 22.4 Å². The molecule has 1 atom stereocenters. The van der Waals surface area contributed by atoms with Gasteiger partial charge in [0.2, 0.25) is 0 Å². The van der Waals surface area contributed by atoms with Crippen molar-refractivity contribution in [3.63, 3.8) is 0 Å². The minimum absolute atomic E-state index is 0.0459. The van der Waals surface area contributed by atoms with Crippen LogP contribution in [0.3, 0.4) is 0 Å². The SMILES string of the molecule is O=C(CC1c2ccccc2-c2c(-c3ccccc3)c3ccccc3c(=O)n21)c1cccs1. The summed E-state index contributed by atoms with van der Waals surface area (Å²) in [6, 6.07) is 29.5. The van der Waals surface area contributed by atoms with Crippen LogP contribution < -0.4 is 5.56 Å². The molecule has 4 heteroatoms. The summed E-state index contributed by atoms with van der Waals surface area (Å²) < 4.78 is 1.86. The van der Waals surface area contributed by atoms with Crippen molar-refractivity contribution in [2.45, 2.75) is 12.5 Å². The molecule has 32 heavy (non-hydrogen) atoms. The number of pyridine rings is 1. The summed E-state index contributed by atoms with van der Waals surface area (Å²) in [4.78, 5) is 27.6. The Kier molecular flexibility index (Phi) is 4.40. The second kappa shape index (κ2) is 7.43. The zero-order valence-corrected chi connectivity index (χ0v) is 18.0. The average Bonchev–Trinajstić information content (AvgIpc) is 3.48. The van der Waals surface area contributed by atoms with E-state index >= 15 is 0 Å². The third-order valence-corrected chi connectivity index (χ3v) is 7.16. The van der Waals surface area contributed by atoms with Crippen LogP contribution >= 0.6 is 11.3 Å². The number of rotatable bonds is 4. The normalized spacial score (nSPS) is 14.3. The van der Waals surface area contributed by atoms with Gasteiger partial charge in [-0.25, -0.2) is 0 Å². The summed E-state index contributed by atoms with van der Waals surface area (Å²) in [5.74, 6) is 0.0639. The summed E-state index contributed by atoms with van der Waals surface area (Å²) in [5, 5.41) is 3.53. The van der Waals surface area contributed by atoms with Gasteiger partial charge in [-0.05, 0) is 34.0 Å². The first-order chi connectivity index (χ1) is 15.7. The van der Waals surface area contributed by atoms with E-state index in [-0.39, 0.29) is 23.8 Å². The fourth-order valence-electron chi connectivity index (χ4n) is 4.88. The van der Waals surface area contributed by atoms with Gasteiger partial charge < -0.3 is 0 Å². The number of Topliss-reactive ketones (excluding diaryl/α,β-unsaturated/α-hetero) is 1. The van der Waals surface area contributed by atoms with Crippen LogP contribution in [-0.2, 0) is 0 Å². The Labute approximate surface area is 189 Å². The van der Waals surface area contributed by atoms with Gasteiger partial charge in [-0.2, -0.15) is 0 Å². The first-order valence-corrected chi connectivity index (χ1v) is 11.5. The van der Waals surface area contributed by atoms with E-state index in [0.29, 0.717) is 5.39 Å². The van der Waals surface area contributed by atoms with E-state index < -0.39 is 0 Å². The van der Waals surface area contributed by atoms with Gasteiger partial charge in [0, 0.05) is 22.9 Å². The minimum atomic E-state index is -0.324. The lowest BCUT2D eigenvalue weighted by Gasteiger charge is -2.19. The highest BCUT2D eigenvalue weighted by Gasteiger charge is 2.34. The molecule has 2 aromatic heterocycles. The highest BCUT2D eigenvalue weighted by Crippen LogP contribution is 2.47. The molecule has 0 N–H and O–H groups in total. The molecule has 0 radical (unpaired) electrons. The number of ketones is 1. The predicted molar refractivity (Wildman–Crippen MR) is 130 cm³/mol. The molecule has 3 aromatic carbocycles. The third-order valence-electron chi connectivity index (χ3n) is 6.25. The molecule has 0 aliphatic carbocycles. The first kappa shape index (κ1) is 19.0. The third kappa shape index (κ3) is 2.80. The number of hydrogen-bond acceptors (Lipinski definition) is 3. The van der Waals surface area contributed by atoms with Crippen molar-refractivity contribution < 1.29 is 4.79 Å². The summed E-state index contributed by atoms with van der Waals surface area (Å²) in [5.41, 5.74) is 5.02. The Morgan fingerprint density at radius 1 is 0.812 bits per heavy atom. The zero-order chi connectivity index (χ0) is 21.7. The largest absolute Gasteiger partial charge is 0.299 e. The van der Waals surface area contributed by atoms with E-state index in [2.05, 4.69) is 18.2 Å². The van der Waals surface area contributed by atoms with Crippen LogP contribution in [0.25, 0.3) is 33.2 Å². The van der Waals surface area contributed by atoms with E-state index in [1.165, 1.54) is 11.3 Å². The van der Waals surface area contributed by atoms with E-state index in [4.69, 9.17) is 0 Å². The van der Waals surface area contributed by atoms with E-state index in [0.717, 1.165) is 38.2 Å². The maximum atomic E-state index is 13.8. The summed E-state index contributed by atoms with van der Waals surface area (Å²) in [7, 11) is 0. The molecule has 1 unspecified atom stereocenters. The lowest BCUT2D eigenvalue weighted by atomic mass is 9.93. The smallest absolute Gasteiger partial charge is 0.259 e. The Morgan fingerprint density at radius 3 is 2.31 bits per heavy atom. The molecule has 3 heterocycles. The summed E-state index contributed by atoms with van der Waals surface area (Å²) >= 11 is 1.45. The van der Waals surface area contributed by atoms with Crippen molar-refractivity contribution in [2.24, 2.45) is 0 Å². The number of benzene rings is 3. The van der Waals surface area contributed by atoms with Gasteiger partial charge in [-0.15, -0.1) is 11.3 Å². The van der Waals surface area contributed by atoms with Gasteiger partial charge in [0.15, 0.2) is 5.78 Å². The standard InChI is InChI=1S/C28H19NO2S/c30-24(25-15-8-16-32-25)17-23-19-11-4-6-13-21(19)27-26(18-9-2-1-3-10-18)20-12-5-7-14-22(20)28(31)29(23)27/h1-16,23H,17H2. The summed E-state index contributed by atoms with van der Waals surface area (Å²) in [6.07, 6.45) is 0.261. The lowest BCUT2D eigenvalue weighted by Crippen LogP contribution is -2.25. The van der Waals surface area contributed by atoms with Crippen LogP contribution in [-0.4, -0.2) is 10.4 Å². The van der Waals surface area contributed by atoms with Gasteiger partial charge in [0.25, 0.3) is 5.56 Å². The van der Waals surface area contributed by atoms with Crippen LogP contribution in [0.1, 0.15) is 27.7 Å². The number of fused-ring (bicyclic) bond motifs is 4. The molecular weight excluding hydrogens is 414 g/mol. The van der Waals surface area contributed by atoms with Crippen LogP contribution in [0.15, 0.2) is 101 Å². The number of hydrogen-bond donors (Lipinski definition) is 0. The Morgan fingerprint density at radius 2 is 1.53 bits per heavy atom. The van der Waals surface area contributed by atoms with Gasteiger partial charge in [-0.3, -0.25) is 14.2 Å². The van der Waals surface area contributed by atoms with E-state index in [1.54, 1.807) is 0 Å². The highest BCUT2D eigenvalue weighted by molar-refractivity contribution is 7.12. The number of thiophene rings is 1. The van der Waals surface area contributed by atoms with Gasteiger partial charge in [-0.1, -0.05) is 78.9 Å². The van der Waals surface area contributed by atoms with Crippen molar-refractivity contribution in [2.75, 3.05) is 0 Å². The molecule has 0 spiro atoms. The molecule has 0 amide bonds. The maximum Gasteiger partial charge on any atom is 0.259 e. The molecule has 0 saturated heterocycles. The number of carbonyl (C=O) groups is 1. The molecule has 3 nitrogen and oxygen atoms in total. The fourth-order valence-corrected chi connectivity index (χ4v) is 5.56. The van der Waals surface area contributed by atoms with Crippen molar-refractivity contribution in [1.82, 2.24) is 4.57 Å². The monoisotopic (exact) mass is 433 g/mol. The first-order valence-electron chi connectivity index (χ1n) is 10.6. The molecule has 0 saturated carbocycles. The molecule has 5 aromatic rings. The topological polar surface area (TPSA) is 39.1 Å². The molecule has 154 valence electrons. The zero-order valence-electron chi connectivity index (χ0n) is 17.2. The number of aromatic nitrogens is 1. The molecule has 1 aliphatic rings. The second-order valence-electron chi connectivity index (χ2n) is 8.02. The fraction of sp³-hybridized carbons (Fsp3) is 0.0714. The predicted octanol–water partition coefficient (Wildman–Crippen LogP) is 6.57. The van der Waals surface area contributed by atoms with Crippen molar-refractivity contribution in [1.29, 1.82) is 0 Å². The molecular formula is C28H19NO2S. The van der Waals surface area contributed by atoms with Crippen LogP contribution in [0.4, 0.5) is 0 Å².